The molecule has 0 radical (unpaired) electrons. The molecule has 3 aromatic heterocycles. The van der Waals surface area contributed by atoms with E-state index in [1.165, 1.54) is 17.2 Å². The molecule has 0 aliphatic rings. The summed E-state index contributed by atoms with van der Waals surface area (Å²) in [5.41, 5.74) is 8.80. The number of fused-ring (bicyclic) bond motifs is 1. The van der Waals surface area contributed by atoms with E-state index in [2.05, 4.69) is 81.9 Å². The monoisotopic (exact) mass is 613 g/mol. The van der Waals surface area contributed by atoms with Gasteiger partial charge in [-0.05, 0) is 82.9 Å². The number of aromatic nitrogens is 5. The number of halogens is 1. The molecule has 0 aliphatic heterocycles. The molecule has 0 bridgehead atoms. The van der Waals surface area contributed by atoms with Gasteiger partial charge in [0.15, 0.2) is 5.82 Å². The first-order chi connectivity index (χ1) is 22.4. The first-order valence-electron chi connectivity index (χ1n) is 15.6. The normalized spacial score (nSPS) is 11.3. The van der Waals surface area contributed by atoms with Gasteiger partial charge >= 0.3 is 0 Å². The van der Waals surface area contributed by atoms with E-state index in [0.29, 0.717) is 28.3 Å². The molecular formula is C40H44FN5. The highest BCUT2D eigenvalue weighted by atomic mass is 19.1. The first kappa shape index (κ1) is 35.2. The molecule has 46 heavy (non-hydrogen) atoms. The van der Waals surface area contributed by atoms with Crippen molar-refractivity contribution in [2.24, 2.45) is 0 Å². The van der Waals surface area contributed by atoms with Crippen LogP contribution in [0.4, 0.5) is 4.39 Å². The van der Waals surface area contributed by atoms with Gasteiger partial charge in [-0.25, -0.2) is 9.37 Å². The number of benzene rings is 2. The molecular weight excluding hydrogens is 569 g/mol. The summed E-state index contributed by atoms with van der Waals surface area (Å²) < 4.78 is 14.7. The second kappa shape index (κ2) is 17.9. The summed E-state index contributed by atoms with van der Waals surface area (Å²) in [5.74, 6) is 5.66. The van der Waals surface area contributed by atoms with E-state index in [1.807, 2.05) is 66.1 Å². The number of rotatable bonds is 9. The molecule has 0 atom stereocenters. The van der Waals surface area contributed by atoms with E-state index in [4.69, 9.17) is 4.98 Å². The Morgan fingerprint density at radius 2 is 1.76 bits per heavy atom. The topological polar surface area (TPSA) is 70.2 Å². The maximum atomic E-state index is 14.7. The predicted molar refractivity (Wildman–Crippen MR) is 193 cm³/mol. The lowest BCUT2D eigenvalue weighted by atomic mass is 10.00. The van der Waals surface area contributed by atoms with E-state index in [9.17, 15) is 4.39 Å². The van der Waals surface area contributed by atoms with Gasteiger partial charge in [0.25, 0.3) is 0 Å². The number of imidazole rings is 1. The number of pyridine rings is 1. The van der Waals surface area contributed by atoms with Crippen LogP contribution in [0.25, 0.3) is 39.1 Å². The minimum absolute atomic E-state index is 0.311. The van der Waals surface area contributed by atoms with Gasteiger partial charge in [-0.15, -0.1) is 11.8 Å². The van der Waals surface area contributed by atoms with E-state index in [1.54, 1.807) is 24.3 Å². The summed E-state index contributed by atoms with van der Waals surface area (Å²) in [6.07, 6.45) is 15.5. The predicted octanol–water partition coefficient (Wildman–Crippen LogP) is 10.6. The van der Waals surface area contributed by atoms with E-state index in [0.717, 1.165) is 40.6 Å². The molecule has 6 heteroatoms. The van der Waals surface area contributed by atoms with Crippen molar-refractivity contribution >= 4 is 16.5 Å². The maximum absolute atomic E-state index is 14.7. The van der Waals surface area contributed by atoms with Crippen LogP contribution in [0.5, 0.6) is 0 Å². The summed E-state index contributed by atoms with van der Waals surface area (Å²) in [4.78, 5) is 12.8. The van der Waals surface area contributed by atoms with Gasteiger partial charge in [-0.2, -0.15) is 5.10 Å². The van der Waals surface area contributed by atoms with Gasteiger partial charge in [0, 0.05) is 40.2 Å². The third kappa shape index (κ3) is 8.67. The molecule has 0 amide bonds. The molecule has 5 aromatic rings. The zero-order valence-corrected chi connectivity index (χ0v) is 28.0. The van der Waals surface area contributed by atoms with Crippen molar-refractivity contribution in [3.8, 4) is 34.5 Å². The van der Waals surface area contributed by atoms with Crippen molar-refractivity contribution in [3.05, 3.63) is 132 Å². The number of allylic oxidation sites excluding steroid dienone is 6. The molecule has 0 unspecified atom stereocenters. The van der Waals surface area contributed by atoms with E-state index >= 15 is 0 Å². The first-order valence-corrected chi connectivity index (χ1v) is 15.6. The van der Waals surface area contributed by atoms with Gasteiger partial charge in [0.05, 0.1) is 11.2 Å². The number of nitrogens with one attached hydrogen (secondary N) is 2. The third-order valence-corrected chi connectivity index (χ3v) is 7.21. The summed E-state index contributed by atoms with van der Waals surface area (Å²) in [7, 11) is 0. The average molecular weight is 614 g/mol. The van der Waals surface area contributed by atoms with Gasteiger partial charge in [0.1, 0.15) is 11.5 Å². The van der Waals surface area contributed by atoms with Gasteiger partial charge in [-0.1, -0.05) is 80.6 Å². The largest absolute Gasteiger partial charge is 0.340 e. The number of nitrogens with zero attached hydrogens (tertiary/aromatic N) is 3. The Balaban J connectivity index is 0.000000891. The van der Waals surface area contributed by atoms with Crippen molar-refractivity contribution in [2.45, 2.75) is 61.3 Å². The fourth-order valence-corrected chi connectivity index (χ4v) is 4.91. The van der Waals surface area contributed by atoms with Crippen LogP contribution in [0.2, 0.25) is 0 Å². The molecule has 0 spiro atoms. The molecule has 2 N–H and O–H groups in total. The number of aryl methyl sites for hydroxylation is 2. The zero-order chi connectivity index (χ0) is 33.5. The van der Waals surface area contributed by atoms with Crippen LogP contribution in [0.15, 0.2) is 103 Å². The standard InChI is InChI=1S/C34H32FN5.C4H6.C2H6/c1-5-10-23(7-3)14-15-24-18-26(21-36-20-24)25-16-17-31-29(19-25)33(40-39-31)34-37-22(4)32(38-34)28(11-6-2)27-12-8-9-13-30(27)35;1-3-4-2;1-2/h5-13,16-21H,2,14-15H2,1,3-4H3,(H,37,38)(H,39,40);1-2H3;1-2H3/b10-5-,23-7+,28-11-;;. The molecule has 3 heterocycles. The lowest BCUT2D eigenvalue weighted by molar-refractivity contribution is 0.624. The second-order valence-electron chi connectivity index (χ2n) is 10.1. The highest BCUT2D eigenvalue weighted by Gasteiger charge is 2.19. The molecule has 5 nitrogen and oxygen atoms in total. The Morgan fingerprint density at radius 3 is 2.43 bits per heavy atom. The second-order valence-corrected chi connectivity index (χ2v) is 10.1. The molecule has 0 saturated heterocycles. The Hall–Kier alpha value is -5.28. The van der Waals surface area contributed by atoms with Gasteiger partial charge < -0.3 is 4.98 Å². The lowest BCUT2D eigenvalue weighted by Gasteiger charge is -2.07. The Bertz CT molecular complexity index is 1900. The minimum Gasteiger partial charge on any atom is -0.340 e. The number of hydrogen-bond donors (Lipinski definition) is 2. The van der Waals surface area contributed by atoms with Crippen LogP contribution < -0.4 is 0 Å². The van der Waals surface area contributed by atoms with Crippen molar-refractivity contribution in [3.63, 3.8) is 0 Å². The highest BCUT2D eigenvalue weighted by Crippen LogP contribution is 2.33. The van der Waals surface area contributed by atoms with Crippen molar-refractivity contribution in [2.75, 3.05) is 0 Å². The van der Waals surface area contributed by atoms with E-state index in [-0.39, 0.29) is 5.82 Å². The smallest absolute Gasteiger partial charge is 0.159 e. The van der Waals surface area contributed by atoms with Crippen LogP contribution in [-0.2, 0) is 6.42 Å². The van der Waals surface area contributed by atoms with Crippen molar-refractivity contribution in [1.29, 1.82) is 0 Å². The van der Waals surface area contributed by atoms with Crippen LogP contribution >= 0.6 is 0 Å². The minimum atomic E-state index is -0.311. The van der Waals surface area contributed by atoms with Crippen LogP contribution in [0.1, 0.15) is 70.5 Å². The fourth-order valence-electron chi connectivity index (χ4n) is 4.91. The lowest BCUT2D eigenvalue weighted by Crippen LogP contribution is -1.94. The van der Waals surface area contributed by atoms with E-state index < -0.39 is 0 Å². The van der Waals surface area contributed by atoms with Crippen LogP contribution in [0.3, 0.4) is 0 Å². The number of hydrogen-bond acceptors (Lipinski definition) is 3. The molecule has 0 fully saturated rings. The van der Waals surface area contributed by atoms with Gasteiger partial charge in [0.2, 0.25) is 0 Å². The Morgan fingerprint density at radius 1 is 1.00 bits per heavy atom. The Kier molecular flexibility index (Phi) is 13.7. The fraction of sp³-hybridized carbons (Fsp3) is 0.225. The molecule has 0 aliphatic carbocycles. The molecule has 0 saturated carbocycles. The summed E-state index contributed by atoms with van der Waals surface area (Å²) in [6, 6.07) is 15.1. The number of H-pyrrole nitrogens is 2. The summed E-state index contributed by atoms with van der Waals surface area (Å²) >= 11 is 0. The molecule has 5 rings (SSSR count). The van der Waals surface area contributed by atoms with Crippen LogP contribution in [-0.4, -0.2) is 25.1 Å². The quantitative estimate of drug-likeness (QED) is 0.128. The van der Waals surface area contributed by atoms with Crippen LogP contribution in [0, 0.1) is 24.6 Å². The summed E-state index contributed by atoms with van der Waals surface area (Å²) in [5, 5.41) is 8.64. The van der Waals surface area contributed by atoms with Crippen molar-refractivity contribution < 1.29 is 4.39 Å². The van der Waals surface area contributed by atoms with Crippen molar-refractivity contribution in [1.82, 2.24) is 25.1 Å². The zero-order valence-electron chi connectivity index (χ0n) is 28.0. The van der Waals surface area contributed by atoms with Gasteiger partial charge in [-0.3, -0.25) is 10.1 Å². The maximum Gasteiger partial charge on any atom is 0.159 e. The Labute approximate surface area is 273 Å². The summed E-state index contributed by atoms with van der Waals surface area (Å²) in [6.45, 7) is 17.5. The SMILES string of the molecule is C=C/C=C(/c1ccccc1F)c1nc(-c2n[nH]c3ccc(-c4cncc(CCC(/C=C\C)=C/C)c4)cc23)[nH]c1C.CC.CC#CC. The third-order valence-electron chi connectivity index (χ3n) is 7.21. The average Bonchev–Trinajstić information content (AvgIpc) is 3.69. The molecule has 236 valence electrons. The highest BCUT2D eigenvalue weighted by molar-refractivity contribution is 5.95. The molecule has 2 aromatic carbocycles. The number of aromatic amines is 2.